The van der Waals surface area contributed by atoms with Crippen LogP contribution in [0.25, 0.3) is 0 Å². The molecule has 3 rings (SSSR count). The zero-order valence-corrected chi connectivity index (χ0v) is 20.8. The molecule has 0 radical (unpaired) electrons. The number of rotatable bonds is 11. The Morgan fingerprint density at radius 2 is 1.51 bits per heavy atom. The summed E-state index contributed by atoms with van der Waals surface area (Å²) in [6.07, 6.45) is 1.13. The van der Waals surface area contributed by atoms with Crippen LogP contribution < -0.4 is 29.6 Å². The molecule has 0 aliphatic rings. The lowest BCUT2D eigenvalue weighted by molar-refractivity contribution is 0.102. The van der Waals surface area contributed by atoms with Gasteiger partial charge in [-0.3, -0.25) is 4.79 Å². The zero-order valence-electron chi connectivity index (χ0n) is 20.0. The van der Waals surface area contributed by atoms with E-state index in [0.717, 1.165) is 11.8 Å². The highest BCUT2D eigenvalue weighted by molar-refractivity contribution is 7.90. The number of hydrogen-bond acceptors (Lipinski definition) is 8. The number of hydrogen-bond donors (Lipinski definition) is 2. The highest BCUT2D eigenvalue weighted by atomic mass is 32.2. The fourth-order valence-corrected chi connectivity index (χ4v) is 3.59. The first-order chi connectivity index (χ1) is 16.7. The molecule has 186 valence electrons. The molecule has 0 fully saturated rings. The fourth-order valence-electron chi connectivity index (χ4n) is 3.17. The third kappa shape index (κ3) is 7.28. The molecular formula is C25H28N2O7S. The number of carbonyl (C=O) groups excluding carboxylic acids is 1. The van der Waals surface area contributed by atoms with E-state index in [4.69, 9.17) is 18.9 Å². The third-order valence-corrected chi connectivity index (χ3v) is 5.66. The van der Waals surface area contributed by atoms with Gasteiger partial charge in [0.05, 0.1) is 27.0 Å². The Morgan fingerprint density at radius 3 is 2.14 bits per heavy atom. The molecule has 0 atom stereocenters. The van der Waals surface area contributed by atoms with Crippen LogP contribution in [0.3, 0.4) is 0 Å². The molecule has 2 N–H and O–H groups in total. The summed E-state index contributed by atoms with van der Waals surface area (Å²) in [5, 5.41) is 5.69. The van der Waals surface area contributed by atoms with Gasteiger partial charge in [-0.25, -0.2) is 8.42 Å². The molecule has 0 bridgehead atoms. The summed E-state index contributed by atoms with van der Waals surface area (Å²) < 4.78 is 45.2. The molecule has 0 unspecified atom stereocenters. The van der Waals surface area contributed by atoms with Crippen molar-refractivity contribution in [3.63, 3.8) is 0 Å². The molecule has 35 heavy (non-hydrogen) atoms. The number of methoxy groups -OCH3 is 3. The van der Waals surface area contributed by atoms with Gasteiger partial charge in [0.25, 0.3) is 5.91 Å². The van der Waals surface area contributed by atoms with Crippen LogP contribution in [-0.2, 0) is 16.4 Å². The molecule has 0 aromatic heterocycles. The van der Waals surface area contributed by atoms with Crippen molar-refractivity contribution in [3.05, 3.63) is 71.8 Å². The number of benzene rings is 3. The summed E-state index contributed by atoms with van der Waals surface area (Å²) in [6, 6.07) is 17.0. The Bertz CT molecular complexity index is 1280. The van der Waals surface area contributed by atoms with Gasteiger partial charge < -0.3 is 29.6 Å². The van der Waals surface area contributed by atoms with Crippen LogP contribution in [0.2, 0.25) is 0 Å². The van der Waals surface area contributed by atoms with Crippen LogP contribution in [0, 0.1) is 0 Å². The average Bonchev–Trinajstić information content (AvgIpc) is 2.86. The molecule has 0 spiro atoms. The minimum atomic E-state index is -3.28. The van der Waals surface area contributed by atoms with Crippen molar-refractivity contribution in [2.45, 2.75) is 6.61 Å². The normalized spacial score (nSPS) is 10.9. The Hall–Kier alpha value is -3.92. The maximum absolute atomic E-state index is 12.7. The van der Waals surface area contributed by atoms with E-state index in [9.17, 15) is 13.2 Å². The number of anilines is 2. The van der Waals surface area contributed by atoms with Gasteiger partial charge in [0.15, 0.2) is 9.84 Å². The van der Waals surface area contributed by atoms with Crippen molar-refractivity contribution in [2.75, 3.05) is 44.1 Å². The molecular weight excluding hydrogens is 472 g/mol. The molecule has 0 saturated heterocycles. The summed E-state index contributed by atoms with van der Waals surface area (Å²) in [5.74, 6) is 1.66. The maximum Gasteiger partial charge on any atom is 0.255 e. The van der Waals surface area contributed by atoms with Crippen LogP contribution in [0.4, 0.5) is 11.4 Å². The second-order valence-electron chi connectivity index (χ2n) is 7.61. The van der Waals surface area contributed by atoms with Gasteiger partial charge in [0.2, 0.25) is 0 Å². The van der Waals surface area contributed by atoms with E-state index in [1.54, 1.807) is 82.0 Å². The predicted molar refractivity (Wildman–Crippen MR) is 135 cm³/mol. The molecule has 3 aromatic rings. The second-order valence-corrected chi connectivity index (χ2v) is 9.75. The van der Waals surface area contributed by atoms with Crippen LogP contribution >= 0.6 is 0 Å². The average molecular weight is 501 g/mol. The molecule has 0 heterocycles. The Morgan fingerprint density at radius 1 is 0.829 bits per heavy atom. The number of carbonyl (C=O) groups is 1. The summed E-state index contributed by atoms with van der Waals surface area (Å²) in [7, 11) is 1.39. The molecule has 10 heteroatoms. The smallest absolute Gasteiger partial charge is 0.255 e. The predicted octanol–water partition coefficient (Wildman–Crippen LogP) is 3.96. The Kier molecular flexibility index (Phi) is 8.43. The molecule has 1 amide bonds. The largest absolute Gasteiger partial charge is 0.497 e. The van der Waals surface area contributed by atoms with E-state index in [-0.39, 0.29) is 18.4 Å². The Balaban J connectivity index is 1.85. The Labute approximate surface area is 204 Å². The van der Waals surface area contributed by atoms with Crippen molar-refractivity contribution >= 4 is 27.1 Å². The van der Waals surface area contributed by atoms with E-state index in [1.165, 1.54) is 0 Å². The third-order valence-electron chi connectivity index (χ3n) is 4.99. The quantitative estimate of drug-likeness (QED) is 0.407. The lowest BCUT2D eigenvalue weighted by Crippen LogP contribution is -2.14. The first-order valence-corrected chi connectivity index (χ1v) is 12.6. The van der Waals surface area contributed by atoms with E-state index >= 15 is 0 Å². The van der Waals surface area contributed by atoms with Crippen LogP contribution in [0.5, 0.6) is 23.0 Å². The first kappa shape index (κ1) is 25.7. The van der Waals surface area contributed by atoms with E-state index < -0.39 is 9.84 Å². The van der Waals surface area contributed by atoms with Crippen LogP contribution in [-0.4, -0.2) is 47.8 Å². The van der Waals surface area contributed by atoms with Gasteiger partial charge in [0.1, 0.15) is 35.5 Å². The lowest BCUT2D eigenvalue weighted by Gasteiger charge is -2.16. The van der Waals surface area contributed by atoms with Gasteiger partial charge in [-0.05, 0) is 54.6 Å². The van der Waals surface area contributed by atoms with E-state index in [1.807, 2.05) is 0 Å². The maximum atomic E-state index is 12.7. The standard InChI is InChI=1S/C25H28N2O7S/c1-31-20-8-5-17(6-9-20)25(28)27-19-7-11-22(26-16-35(4,29)30)24(14-19)34-15-18-13-21(32-2)10-12-23(18)33-3/h5-14,26H,15-16H2,1-4H3,(H,27,28). The van der Waals surface area contributed by atoms with Crippen molar-refractivity contribution in [1.29, 1.82) is 0 Å². The number of sulfone groups is 1. The SMILES string of the molecule is COc1ccc(C(=O)Nc2ccc(NCS(C)(=O)=O)c(OCc3cc(OC)ccc3OC)c2)cc1. The van der Waals surface area contributed by atoms with Gasteiger partial charge in [0, 0.05) is 29.1 Å². The van der Waals surface area contributed by atoms with Gasteiger partial charge in [-0.15, -0.1) is 0 Å². The van der Waals surface area contributed by atoms with E-state index in [0.29, 0.717) is 39.9 Å². The molecule has 0 aliphatic heterocycles. The number of amides is 1. The van der Waals surface area contributed by atoms with Gasteiger partial charge in [-0.2, -0.15) is 0 Å². The lowest BCUT2D eigenvalue weighted by atomic mass is 10.2. The van der Waals surface area contributed by atoms with Crippen molar-refractivity contribution in [1.82, 2.24) is 0 Å². The fraction of sp³-hybridized carbons (Fsp3) is 0.240. The molecule has 3 aromatic carbocycles. The van der Waals surface area contributed by atoms with Gasteiger partial charge >= 0.3 is 0 Å². The molecule has 9 nitrogen and oxygen atoms in total. The topological polar surface area (TPSA) is 112 Å². The van der Waals surface area contributed by atoms with Crippen molar-refractivity contribution in [2.24, 2.45) is 0 Å². The summed E-state index contributed by atoms with van der Waals surface area (Å²) in [5.41, 5.74) is 2.12. The summed E-state index contributed by atoms with van der Waals surface area (Å²) >= 11 is 0. The monoisotopic (exact) mass is 500 g/mol. The van der Waals surface area contributed by atoms with E-state index in [2.05, 4.69) is 10.6 Å². The highest BCUT2D eigenvalue weighted by Gasteiger charge is 2.13. The first-order valence-electron chi connectivity index (χ1n) is 10.6. The van der Waals surface area contributed by atoms with Crippen LogP contribution in [0.1, 0.15) is 15.9 Å². The van der Waals surface area contributed by atoms with Crippen molar-refractivity contribution < 1.29 is 32.2 Å². The molecule has 0 saturated carbocycles. The van der Waals surface area contributed by atoms with Crippen molar-refractivity contribution in [3.8, 4) is 23.0 Å². The minimum absolute atomic E-state index is 0.115. The van der Waals surface area contributed by atoms with Crippen LogP contribution in [0.15, 0.2) is 60.7 Å². The number of nitrogens with one attached hydrogen (secondary N) is 2. The number of ether oxygens (including phenoxy) is 4. The second kappa shape index (κ2) is 11.5. The minimum Gasteiger partial charge on any atom is -0.497 e. The zero-order chi connectivity index (χ0) is 25.4. The molecule has 0 aliphatic carbocycles. The summed E-state index contributed by atoms with van der Waals surface area (Å²) in [4.78, 5) is 12.7. The van der Waals surface area contributed by atoms with Gasteiger partial charge in [-0.1, -0.05) is 0 Å². The summed E-state index contributed by atoms with van der Waals surface area (Å²) in [6.45, 7) is 0.115. The highest BCUT2D eigenvalue weighted by Crippen LogP contribution is 2.31.